The minimum absolute atomic E-state index is 0.191. The van der Waals surface area contributed by atoms with Crippen molar-refractivity contribution in [1.29, 1.82) is 0 Å². The minimum atomic E-state index is -3.55. The molecule has 0 bridgehead atoms. The van der Waals surface area contributed by atoms with Gasteiger partial charge in [0.15, 0.2) is 6.10 Å². The van der Waals surface area contributed by atoms with Crippen LogP contribution in [0.2, 0.25) is 0 Å². The van der Waals surface area contributed by atoms with E-state index in [-0.39, 0.29) is 10.8 Å². The number of nitrogens with one attached hydrogen (secondary N) is 1. The molecule has 1 aliphatic rings. The molecule has 8 heteroatoms. The predicted molar refractivity (Wildman–Crippen MR) is 101 cm³/mol. The number of ether oxygens (including phenoxy) is 2. The highest BCUT2D eigenvalue weighted by atomic mass is 32.2. The number of carbonyl (C=O) groups excluding carboxylic acids is 1. The number of carbonyl (C=O) groups is 1. The Morgan fingerprint density at radius 2 is 1.70 bits per heavy atom. The Morgan fingerprint density at radius 3 is 2.33 bits per heavy atom. The van der Waals surface area contributed by atoms with Crippen molar-refractivity contribution in [2.24, 2.45) is 0 Å². The largest absolute Gasteiger partial charge is 0.481 e. The van der Waals surface area contributed by atoms with Gasteiger partial charge in [0.2, 0.25) is 10.0 Å². The summed E-state index contributed by atoms with van der Waals surface area (Å²) >= 11 is 0. The Balaban J connectivity index is 1.62. The third-order valence-electron chi connectivity index (χ3n) is 4.15. The van der Waals surface area contributed by atoms with Crippen molar-refractivity contribution in [3.05, 3.63) is 54.6 Å². The third kappa shape index (κ3) is 4.85. The zero-order valence-corrected chi connectivity index (χ0v) is 15.8. The van der Waals surface area contributed by atoms with E-state index < -0.39 is 16.1 Å². The summed E-state index contributed by atoms with van der Waals surface area (Å²) in [6.45, 7) is 3.13. The number of para-hydroxylation sites is 1. The normalized spacial score (nSPS) is 16.5. The molecule has 0 saturated carbocycles. The van der Waals surface area contributed by atoms with Crippen molar-refractivity contribution in [1.82, 2.24) is 4.31 Å². The van der Waals surface area contributed by atoms with Crippen LogP contribution in [-0.2, 0) is 19.6 Å². The Hall–Kier alpha value is -2.42. The second-order valence-electron chi connectivity index (χ2n) is 6.10. The summed E-state index contributed by atoms with van der Waals surface area (Å²) in [7, 11) is -3.55. The molecule has 1 atom stereocenters. The van der Waals surface area contributed by atoms with Crippen LogP contribution in [-0.4, -0.2) is 51.0 Å². The maximum absolute atomic E-state index is 12.6. The van der Waals surface area contributed by atoms with Gasteiger partial charge in [0, 0.05) is 18.8 Å². The fourth-order valence-electron chi connectivity index (χ4n) is 2.65. The summed E-state index contributed by atoms with van der Waals surface area (Å²) in [5.74, 6) is 0.287. The first-order chi connectivity index (χ1) is 13.0. The van der Waals surface area contributed by atoms with Crippen molar-refractivity contribution in [2.45, 2.75) is 17.9 Å². The highest BCUT2D eigenvalue weighted by Crippen LogP contribution is 2.20. The second kappa shape index (κ2) is 8.51. The van der Waals surface area contributed by atoms with Crippen LogP contribution in [0.3, 0.4) is 0 Å². The highest BCUT2D eigenvalue weighted by Gasteiger charge is 2.26. The highest BCUT2D eigenvalue weighted by molar-refractivity contribution is 7.89. The van der Waals surface area contributed by atoms with E-state index in [1.54, 1.807) is 31.2 Å². The summed E-state index contributed by atoms with van der Waals surface area (Å²) in [6.07, 6.45) is -0.691. The van der Waals surface area contributed by atoms with Crippen LogP contribution >= 0.6 is 0 Å². The number of sulfonamides is 1. The Kier molecular flexibility index (Phi) is 6.10. The van der Waals surface area contributed by atoms with E-state index in [4.69, 9.17) is 9.47 Å². The van der Waals surface area contributed by atoms with Crippen molar-refractivity contribution in [2.75, 3.05) is 31.6 Å². The van der Waals surface area contributed by atoms with Crippen molar-refractivity contribution in [3.63, 3.8) is 0 Å². The molecule has 3 rings (SSSR count). The molecule has 7 nitrogen and oxygen atoms in total. The molecular weight excluding hydrogens is 368 g/mol. The summed E-state index contributed by atoms with van der Waals surface area (Å²) in [6, 6.07) is 15.2. The molecule has 0 unspecified atom stereocenters. The van der Waals surface area contributed by atoms with E-state index in [0.29, 0.717) is 37.7 Å². The first kappa shape index (κ1) is 19.3. The molecule has 1 N–H and O–H groups in total. The zero-order chi connectivity index (χ0) is 19.3. The lowest BCUT2D eigenvalue weighted by atomic mass is 10.3. The van der Waals surface area contributed by atoms with Gasteiger partial charge >= 0.3 is 0 Å². The van der Waals surface area contributed by atoms with Crippen LogP contribution in [0.15, 0.2) is 59.5 Å². The number of morpholine rings is 1. The predicted octanol–water partition coefficient (Wildman–Crippen LogP) is 2.11. The van der Waals surface area contributed by atoms with Crippen molar-refractivity contribution < 1.29 is 22.7 Å². The average molecular weight is 390 g/mol. The fraction of sp³-hybridized carbons (Fsp3) is 0.316. The molecular formula is C19H22N2O5S. The van der Waals surface area contributed by atoms with Gasteiger partial charge in [0.1, 0.15) is 5.75 Å². The van der Waals surface area contributed by atoms with Crippen molar-refractivity contribution in [3.8, 4) is 5.75 Å². The monoisotopic (exact) mass is 390 g/mol. The fourth-order valence-corrected chi connectivity index (χ4v) is 4.05. The number of hydrogen-bond acceptors (Lipinski definition) is 5. The van der Waals surface area contributed by atoms with Gasteiger partial charge < -0.3 is 14.8 Å². The van der Waals surface area contributed by atoms with E-state index >= 15 is 0 Å². The Bertz CT molecular complexity index is 863. The molecule has 1 saturated heterocycles. The third-order valence-corrected chi connectivity index (χ3v) is 6.07. The smallest absolute Gasteiger partial charge is 0.265 e. The van der Waals surface area contributed by atoms with Gasteiger partial charge in [-0.1, -0.05) is 18.2 Å². The van der Waals surface area contributed by atoms with E-state index in [2.05, 4.69) is 5.32 Å². The molecule has 1 fully saturated rings. The topological polar surface area (TPSA) is 84.9 Å². The summed E-state index contributed by atoms with van der Waals surface area (Å²) < 4.78 is 37.4. The van der Waals surface area contributed by atoms with Gasteiger partial charge in [0.05, 0.1) is 18.1 Å². The molecule has 27 heavy (non-hydrogen) atoms. The minimum Gasteiger partial charge on any atom is -0.481 e. The van der Waals surface area contributed by atoms with E-state index in [1.165, 1.54) is 16.4 Å². The van der Waals surface area contributed by atoms with Crippen LogP contribution < -0.4 is 10.1 Å². The van der Waals surface area contributed by atoms with Gasteiger partial charge in [-0.3, -0.25) is 4.79 Å². The van der Waals surface area contributed by atoms with Gasteiger partial charge in [0.25, 0.3) is 5.91 Å². The number of hydrogen-bond donors (Lipinski definition) is 1. The first-order valence-electron chi connectivity index (χ1n) is 8.67. The molecule has 0 radical (unpaired) electrons. The van der Waals surface area contributed by atoms with Gasteiger partial charge in [-0.2, -0.15) is 4.31 Å². The zero-order valence-electron chi connectivity index (χ0n) is 15.0. The standard InChI is InChI=1S/C19H22N2O5S/c1-15(26-17-5-3-2-4-6-17)19(22)20-16-7-9-18(10-8-16)27(23,24)21-11-13-25-14-12-21/h2-10,15H,11-14H2,1H3,(H,20,22)/t15-/m0/s1. The Labute approximate surface area is 158 Å². The lowest BCUT2D eigenvalue weighted by Gasteiger charge is -2.26. The van der Waals surface area contributed by atoms with E-state index in [0.717, 1.165) is 0 Å². The molecule has 2 aromatic rings. The lowest BCUT2D eigenvalue weighted by Crippen LogP contribution is -2.40. The average Bonchev–Trinajstić information content (AvgIpc) is 2.70. The van der Waals surface area contributed by atoms with Crippen LogP contribution in [0.25, 0.3) is 0 Å². The summed E-state index contributed by atoms with van der Waals surface area (Å²) in [5.41, 5.74) is 0.504. The number of anilines is 1. The summed E-state index contributed by atoms with van der Waals surface area (Å²) in [5, 5.41) is 2.73. The Morgan fingerprint density at radius 1 is 1.07 bits per heavy atom. The van der Waals surface area contributed by atoms with E-state index in [1.807, 2.05) is 18.2 Å². The van der Waals surface area contributed by atoms with Gasteiger partial charge in [-0.15, -0.1) is 0 Å². The SMILES string of the molecule is C[C@H](Oc1ccccc1)C(=O)Nc1ccc(S(=O)(=O)N2CCOCC2)cc1. The number of nitrogens with zero attached hydrogens (tertiary/aromatic N) is 1. The van der Waals surface area contributed by atoms with Crippen LogP contribution in [0.5, 0.6) is 5.75 Å². The maximum Gasteiger partial charge on any atom is 0.265 e. The molecule has 2 aromatic carbocycles. The number of benzene rings is 2. The van der Waals surface area contributed by atoms with E-state index in [9.17, 15) is 13.2 Å². The number of amides is 1. The molecule has 1 amide bonds. The molecule has 0 aliphatic carbocycles. The number of rotatable bonds is 6. The lowest BCUT2D eigenvalue weighted by molar-refractivity contribution is -0.122. The molecule has 1 aliphatic heterocycles. The molecule has 1 heterocycles. The van der Waals surface area contributed by atoms with Gasteiger partial charge in [-0.05, 0) is 43.3 Å². The van der Waals surface area contributed by atoms with Crippen LogP contribution in [0.4, 0.5) is 5.69 Å². The van der Waals surface area contributed by atoms with Crippen LogP contribution in [0, 0.1) is 0 Å². The van der Waals surface area contributed by atoms with Crippen molar-refractivity contribution >= 4 is 21.6 Å². The maximum atomic E-state index is 12.6. The summed E-state index contributed by atoms with van der Waals surface area (Å²) in [4.78, 5) is 12.5. The first-order valence-corrected chi connectivity index (χ1v) is 10.1. The second-order valence-corrected chi connectivity index (χ2v) is 8.04. The van der Waals surface area contributed by atoms with Crippen LogP contribution in [0.1, 0.15) is 6.92 Å². The molecule has 144 valence electrons. The quantitative estimate of drug-likeness (QED) is 0.817. The van der Waals surface area contributed by atoms with Gasteiger partial charge in [-0.25, -0.2) is 8.42 Å². The molecule has 0 spiro atoms. The molecule has 0 aromatic heterocycles.